The van der Waals surface area contributed by atoms with Gasteiger partial charge in [-0.25, -0.2) is 4.39 Å². The first-order chi connectivity index (χ1) is 8.32. The average molecular weight is 274 g/mol. The van der Waals surface area contributed by atoms with Crippen molar-refractivity contribution in [2.24, 2.45) is 11.8 Å². The molecule has 1 aromatic carbocycles. The number of nitro benzene ring substituents is 1. The van der Waals surface area contributed by atoms with E-state index in [9.17, 15) is 14.5 Å². The predicted molar refractivity (Wildman–Crippen MR) is 70.4 cm³/mol. The Morgan fingerprint density at radius 1 is 1.39 bits per heavy atom. The quantitative estimate of drug-likeness (QED) is 0.459. The maximum Gasteiger partial charge on any atom is 0.272 e. The van der Waals surface area contributed by atoms with E-state index in [1.165, 1.54) is 12.1 Å². The summed E-state index contributed by atoms with van der Waals surface area (Å²) in [6.07, 6.45) is 0.413. The monoisotopic (exact) mass is 273 g/mol. The highest BCUT2D eigenvalue weighted by Gasteiger charge is 2.24. The number of nitro groups is 1. The first kappa shape index (κ1) is 14.9. The molecule has 2 atom stereocenters. The molecule has 0 aromatic heterocycles. The van der Waals surface area contributed by atoms with Gasteiger partial charge in [0, 0.05) is 17.0 Å². The summed E-state index contributed by atoms with van der Waals surface area (Å²) in [5.41, 5.74) is 0.366. The van der Waals surface area contributed by atoms with Crippen molar-refractivity contribution in [1.82, 2.24) is 0 Å². The molecule has 0 aliphatic carbocycles. The fourth-order valence-corrected chi connectivity index (χ4v) is 2.46. The van der Waals surface area contributed by atoms with Gasteiger partial charge < -0.3 is 0 Å². The summed E-state index contributed by atoms with van der Waals surface area (Å²) in [6.45, 7) is 5.88. The van der Waals surface area contributed by atoms with Gasteiger partial charge in [0.2, 0.25) is 0 Å². The molecule has 3 nitrogen and oxygen atoms in total. The van der Waals surface area contributed by atoms with Gasteiger partial charge in [-0.15, -0.1) is 11.6 Å². The molecule has 0 bridgehead atoms. The van der Waals surface area contributed by atoms with E-state index >= 15 is 0 Å². The molecule has 0 N–H and O–H groups in total. The van der Waals surface area contributed by atoms with Crippen molar-refractivity contribution < 1.29 is 9.31 Å². The second-order valence-electron chi connectivity index (χ2n) is 4.82. The van der Waals surface area contributed by atoms with Crippen LogP contribution in [-0.4, -0.2) is 10.3 Å². The van der Waals surface area contributed by atoms with Crippen LogP contribution in [0.1, 0.15) is 26.3 Å². The van der Waals surface area contributed by atoms with Gasteiger partial charge in [-0.2, -0.15) is 0 Å². The zero-order valence-electron chi connectivity index (χ0n) is 10.7. The van der Waals surface area contributed by atoms with Crippen molar-refractivity contribution in [2.75, 3.05) is 0 Å². The van der Waals surface area contributed by atoms with Gasteiger partial charge in [-0.05, 0) is 37.3 Å². The lowest BCUT2D eigenvalue weighted by atomic mass is 9.86. The Morgan fingerprint density at radius 3 is 2.44 bits per heavy atom. The summed E-state index contributed by atoms with van der Waals surface area (Å²) < 4.78 is 13.2. The lowest BCUT2D eigenvalue weighted by Gasteiger charge is -2.23. The first-order valence-electron chi connectivity index (χ1n) is 5.89. The predicted octanol–water partition coefficient (Wildman–Crippen LogP) is 4.18. The van der Waals surface area contributed by atoms with E-state index in [0.29, 0.717) is 12.0 Å². The number of halogens is 2. The van der Waals surface area contributed by atoms with E-state index in [1.807, 2.05) is 20.8 Å². The Bertz CT molecular complexity index is 427. The molecule has 1 aromatic rings. The van der Waals surface area contributed by atoms with E-state index in [4.69, 9.17) is 11.6 Å². The third kappa shape index (κ3) is 3.67. The minimum atomic E-state index is -0.481. The molecule has 0 saturated carbocycles. The van der Waals surface area contributed by atoms with Crippen LogP contribution in [0.2, 0.25) is 0 Å². The molecule has 0 amide bonds. The molecule has 0 aliphatic rings. The lowest BCUT2D eigenvalue weighted by molar-refractivity contribution is -0.385. The second-order valence-corrected chi connectivity index (χ2v) is 5.51. The van der Waals surface area contributed by atoms with E-state index in [0.717, 1.165) is 6.07 Å². The second kappa shape index (κ2) is 6.14. The molecular weight excluding hydrogens is 257 g/mol. The Hall–Kier alpha value is -1.16. The van der Waals surface area contributed by atoms with Gasteiger partial charge in [-0.1, -0.05) is 13.8 Å². The van der Waals surface area contributed by atoms with Crippen LogP contribution in [0.4, 0.5) is 10.1 Å². The van der Waals surface area contributed by atoms with Crippen LogP contribution < -0.4 is 0 Å². The fourth-order valence-electron chi connectivity index (χ4n) is 2.08. The van der Waals surface area contributed by atoms with Crippen molar-refractivity contribution in [3.63, 3.8) is 0 Å². The van der Waals surface area contributed by atoms with Gasteiger partial charge in [-0.3, -0.25) is 10.1 Å². The maximum atomic E-state index is 13.2. The number of hydrogen-bond acceptors (Lipinski definition) is 2. The highest BCUT2D eigenvalue weighted by Crippen LogP contribution is 2.29. The molecular formula is C13H17ClFNO2. The standard InChI is InChI=1S/C13H17ClFNO2/c1-8(2)12(9(3)14)7-10-6-11(15)4-5-13(10)16(17)18/h4-6,8-9,12H,7H2,1-3H3. The van der Waals surface area contributed by atoms with Crippen LogP contribution in [0.15, 0.2) is 18.2 Å². The zero-order valence-corrected chi connectivity index (χ0v) is 11.4. The first-order valence-corrected chi connectivity index (χ1v) is 6.33. The van der Waals surface area contributed by atoms with Crippen molar-refractivity contribution in [1.29, 1.82) is 0 Å². The van der Waals surface area contributed by atoms with Crippen LogP contribution in [0, 0.1) is 27.8 Å². The van der Waals surface area contributed by atoms with Gasteiger partial charge in [0.05, 0.1) is 4.92 Å². The summed E-state index contributed by atoms with van der Waals surface area (Å²) >= 11 is 6.10. The van der Waals surface area contributed by atoms with Gasteiger partial charge in [0.15, 0.2) is 0 Å². The number of alkyl halides is 1. The van der Waals surface area contributed by atoms with E-state index < -0.39 is 10.7 Å². The average Bonchev–Trinajstić information content (AvgIpc) is 2.24. The molecule has 5 heteroatoms. The molecule has 0 spiro atoms. The highest BCUT2D eigenvalue weighted by molar-refractivity contribution is 6.20. The molecule has 100 valence electrons. The summed E-state index contributed by atoms with van der Waals surface area (Å²) in [5, 5.41) is 10.8. The SMILES string of the molecule is CC(C)C(Cc1cc(F)ccc1[N+](=O)[O-])C(C)Cl. The summed E-state index contributed by atoms with van der Waals surface area (Å²) in [4.78, 5) is 10.4. The number of rotatable bonds is 5. The minimum Gasteiger partial charge on any atom is -0.258 e. The summed E-state index contributed by atoms with van der Waals surface area (Å²) in [7, 11) is 0. The molecule has 18 heavy (non-hydrogen) atoms. The molecule has 2 unspecified atom stereocenters. The Morgan fingerprint density at radius 2 is 2.00 bits per heavy atom. The largest absolute Gasteiger partial charge is 0.272 e. The van der Waals surface area contributed by atoms with Gasteiger partial charge >= 0.3 is 0 Å². The molecule has 0 radical (unpaired) electrons. The topological polar surface area (TPSA) is 43.1 Å². The normalized spacial score (nSPS) is 14.6. The smallest absolute Gasteiger partial charge is 0.258 e. The van der Waals surface area contributed by atoms with Gasteiger partial charge in [0.25, 0.3) is 5.69 Å². The Balaban J connectivity index is 3.08. The summed E-state index contributed by atoms with van der Waals surface area (Å²) in [5.74, 6) is -0.104. The third-order valence-corrected chi connectivity index (χ3v) is 3.46. The van der Waals surface area contributed by atoms with E-state index in [2.05, 4.69) is 0 Å². The maximum absolute atomic E-state index is 13.2. The van der Waals surface area contributed by atoms with Crippen LogP contribution >= 0.6 is 11.6 Å². The third-order valence-electron chi connectivity index (χ3n) is 3.14. The zero-order chi connectivity index (χ0) is 13.9. The minimum absolute atomic E-state index is 0.0423. The highest BCUT2D eigenvalue weighted by atomic mass is 35.5. The van der Waals surface area contributed by atoms with Crippen molar-refractivity contribution >= 4 is 17.3 Å². The molecule has 0 heterocycles. The molecule has 0 saturated heterocycles. The van der Waals surface area contributed by atoms with Gasteiger partial charge in [0.1, 0.15) is 5.82 Å². The van der Waals surface area contributed by atoms with E-state index in [-0.39, 0.29) is 22.9 Å². The molecule has 0 fully saturated rings. The van der Waals surface area contributed by atoms with E-state index in [1.54, 1.807) is 0 Å². The number of hydrogen-bond donors (Lipinski definition) is 0. The van der Waals surface area contributed by atoms with Crippen LogP contribution in [-0.2, 0) is 6.42 Å². The fraction of sp³-hybridized carbons (Fsp3) is 0.538. The number of benzene rings is 1. The number of nitrogens with zero attached hydrogens (tertiary/aromatic N) is 1. The van der Waals surface area contributed by atoms with Crippen molar-refractivity contribution in [3.05, 3.63) is 39.7 Å². The molecule has 0 aliphatic heterocycles. The van der Waals surface area contributed by atoms with Crippen LogP contribution in [0.25, 0.3) is 0 Å². The molecule has 1 rings (SSSR count). The lowest BCUT2D eigenvalue weighted by Crippen LogP contribution is -2.21. The van der Waals surface area contributed by atoms with Crippen LogP contribution in [0.3, 0.4) is 0 Å². The Labute approximate surface area is 111 Å². The van der Waals surface area contributed by atoms with Crippen molar-refractivity contribution in [2.45, 2.75) is 32.6 Å². The van der Waals surface area contributed by atoms with Crippen molar-refractivity contribution in [3.8, 4) is 0 Å². The Kier molecular flexibility index (Phi) is 5.08. The van der Waals surface area contributed by atoms with Crippen LogP contribution in [0.5, 0.6) is 0 Å². The summed E-state index contributed by atoms with van der Waals surface area (Å²) in [6, 6.07) is 3.55.